The van der Waals surface area contributed by atoms with Crippen LogP contribution in [-0.4, -0.2) is 17.9 Å². The van der Waals surface area contributed by atoms with Gasteiger partial charge in [-0.05, 0) is 18.4 Å². The molecule has 0 bridgehead atoms. The average molecular weight is 197 g/mol. The van der Waals surface area contributed by atoms with Gasteiger partial charge in [-0.1, -0.05) is 13.0 Å². The SMILES string of the molecule is CCC(=O)N(C)C(C)c1cccs1. The predicted molar refractivity (Wildman–Crippen MR) is 55.8 cm³/mol. The molecule has 1 aromatic heterocycles. The van der Waals surface area contributed by atoms with Gasteiger partial charge >= 0.3 is 0 Å². The lowest BCUT2D eigenvalue weighted by Crippen LogP contribution is -2.28. The minimum atomic E-state index is 0.195. The topological polar surface area (TPSA) is 20.3 Å². The molecular weight excluding hydrogens is 182 g/mol. The molecule has 1 atom stereocenters. The molecule has 3 heteroatoms. The van der Waals surface area contributed by atoms with Crippen molar-refractivity contribution in [3.8, 4) is 0 Å². The fourth-order valence-electron chi connectivity index (χ4n) is 1.19. The van der Waals surface area contributed by atoms with E-state index in [0.29, 0.717) is 6.42 Å². The van der Waals surface area contributed by atoms with Gasteiger partial charge in [0, 0.05) is 18.3 Å². The molecule has 13 heavy (non-hydrogen) atoms. The van der Waals surface area contributed by atoms with E-state index in [1.165, 1.54) is 4.88 Å². The van der Waals surface area contributed by atoms with Gasteiger partial charge < -0.3 is 4.90 Å². The molecule has 0 saturated carbocycles. The summed E-state index contributed by atoms with van der Waals surface area (Å²) in [5.41, 5.74) is 0. The molecule has 1 aromatic rings. The second-order valence-corrected chi connectivity index (χ2v) is 4.03. The Kier molecular flexibility index (Phi) is 3.48. The summed E-state index contributed by atoms with van der Waals surface area (Å²) in [6.45, 7) is 3.94. The summed E-state index contributed by atoms with van der Waals surface area (Å²) in [6.07, 6.45) is 0.576. The van der Waals surface area contributed by atoms with Crippen LogP contribution in [0.3, 0.4) is 0 Å². The molecule has 0 fully saturated rings. The third-order valence-electron chi connectivity index (χ3n) is 2.23. The summed E-state index contributed by atoms with van der Waals surface area (Å²) in [4.78, 5) is 14.4. The van der Waals surface area contributed by atoms with E-state index in [2.05, 4.69) is 13.0 Å². The maximum absolute atomic E-state index is 11.4. The lowest BCUT2D eigenvalue weighted by Gasteiger charge is -2.23. The highest BCUT2D eigenvalue weighted by atomic mass is 32.1. The van der Waals surface area contributed by atoms with Crippen LogP contribution in [0, 0.1) is 0 Å². The van der Waals surface area contributed by atoms with Crippen molar-refractivity contribution >= 4 is 17.2 Å². The number of thiophene rings is 1. The van der Waals surface area contributed by atoms with E-state index in [-0.39, 0.29) is 11.9 Å². The summed E-state index contributed by atoms with van der Waals surface area (Å²) in [7, 11) is 1.86. The number of hydrogen-bond donors (Lipinski definition) is 0. The Morgan fingerprint density at radius 2 is 2.38 bits per heavy atom. The summed E-state index contributed by atoms with van der Waals surface area (Å²) in [5.74, 6) is 0.195. The molecule has 0 spiro atoms. The molecule has 72 valence electrons. The van der Waals surface area contributed by atoms with Gasteiger partial charge in [-0.3, -0.25) is 4.79 Å². The molecule has 0 aliphatic carbocycles. The number of hydrogen-bond acceptors (Lipinski definition) is 2. The Hall–Kier alpha value is -0.830. The smallest absolute Gasteiger partial charge is 0.222 e. The number of amides is 1. The van der Waals surface area contributed by atoms with Crippen molar-refractivity contribution < 1.29 is 4.79 Å². The third-order valence-corrected chi connectivity index (χ3v) is 3.27. The second-order valence-electron chi connectivity index (χ2n) is 3.05. The normalized spacial score (nSPS) is 12.5. The highest BCUT2D eigenvalue weighted by Gasteiger charge is 2.15. The minimum absolute atomic E-state index is 0.195. The first kappa shape index (κ1) is 10.3. The molecule has 0 aromatic carbocycles. The monoisotopic (exact) mass is 197 g/mol. The van der Waals surface area contributed by atoms with Crippen LogP contribution >= 0.6 is 11.3 Å². The molecule has 1 rings (SSSR count). The van der Waals surface area contributed by atoms with Crippen molar-refractivity contribution in [2.75, 3.05) is 7.05 Å². The number of carbonyl (C=O) groups excluding carboxylic acids is 1. The maximum atomic E-state index is 11.4. The Bertz CT molecular complexity index is 268. The maximum Gasteiger partial charge on any atom is 0.222 e. The van der Waals surface area contributed by atoms with Crippen LogP contribution in [0.2, 0.25) is 0 Å². The first-order valence-corrected chi connectivity index (χ1v) is 5.33. The van der Waals surface area contributed by atoms with Crippen LogP contribution in [-0.2, 0) is 4.79 Å². The molecule has 1 amide bonds. The van der Waals surface area contributed by atoms with Crippen molar-refractivity contribution in [2.45, 2.75) is 26.3 Å². The van der Waals surface area contributed by atoms with E-state index in [1.807, 2.05) is 25.4 Å². The van der Waals surface area contributed by atoms with Gasteiger partial charge in [-0.25, -0.2) is 0 Å². The quantitative estimate of drug-likeness (QED) is 0.729. The second kappa shape index (κ2) is 4.42. The van der Waals surface area contributed by atoms with Gasteiger partial charge in [0.25, 0.3) is 0 Å². The summed E-state index contributed by atoms with van der Waals surface area (Å²) in [6, 6.07) is 4.28. The van der Waals surface area contributed by atoms with E-state index >= 15 is 0 Å². The van der Waals surface area contributed by atoms with Gasteiger partial charge in [0.2, 0.25) is 5.91 Å². The number of nitrogens with zero attached hydrogens (tertiary/aromatic N) is 1. The van der Waals surface area contributed by atoms with Crippen LogP contribution in [0.25, 0.3) is 0 Å². The zero-order valence-corrected chi connectivity index (χ0v) is 9.10. The van der Waals surface area contributed by atoms with E-state index in [1.54, 1.807) is 16.2 Å². The van der Waals surface area contributed by atoms with Crippen molar-refractivity contribution in [3.63, 3.8) is 0 Å². The van der Waals surface area contributed by atoms with Crippen LogP contribution in [0.1, 0.15) is 31.2 Å². The molecule has 0 aliphatic rings. The summed E-state index contributed by atoms with van der Waals surface area (Å²) in [5, 5.41) is 2.04. The van der Waals surface area contributed by atoms with Crippen LogP contribution < -0.4 is 0 Å². The molecule has 0 saturated heterocycles. The minimum Gasteiger partial charge on any atom is -0.338 e. The molecule has 2 nitrogen and oxygen atoms in total. The molecule has 1 unspecified atom stereocenters. The highest BCUT2D eigenvalue weighted by molar-refractivity contribution is 7.10. The zero-order chi connectivity index (χ0) is 9.84. The van der Waals surface area contributed by atoms with Gasteiger partial charge in [-0.2, -0.15) is 0 Å². The van der Waals surface area contributed by atoms with E-state index in [9.17, 15) is 4.79 Å². The number of rotatable bonds is 3. The van der Waals surface area contributed by atoms with Crippen molar-refractivity contribution in [3.05, 3.63) is 22.4 Å². The van der Waals surface area contributed by atoms with E-state index in [0.717, 1.165) is 0 Å². The van der Waals surface area contributed by atoms with Crippen LogP contribution in [0.5, 0.6) is 0 Å². The fourth-order valence-corrected chi connectivity index (χ4v) is 2.01. The predicted octanol–water partition coefficient (Wildman–Crippen LogP) is 2.68. The van der Waals surface area contributed by atoms with Crippen LogP contribution in [0.15, 0.2) is 17.5 Å². The Morgan fingerprint density at radius 1 is 1.69 bits per heavy atom. The third kappa shape index (κ3) is 2.31. The van der Waals surface area contributed by atoms with Gasteiger partial charge in [0.05, 0.1) is 6.04 Å². The first-order valence-electron chi connectivity index (χ1n) is 4.45. The molecule has 0 N–H and O–H groups in total. The van der Waals surface area contributed by atoms with Gasteiger partial charge in [-0.15, -0.1) is 11.3 Å². The van der Waals surface area contributed by atoms with E-state index < -0.39 is 0 Å². The average Bonchev–Trinajstić information content (AvgIpc) is 2.67. The van der Waals surface area contributed by atoms with Crippen LogP contribution in [0.4, 0.5) is 0 Å². The van der Waals surface area contributed by atoms with E-state index in [4.69, 9.17) is 0 Å². The molecule has 0 radical (unpaired) electrons. The van der Waals surface area contributed by atoms with Gasteiger partial charge in [0.1, 0.15) is 0 Å². The Morgan fingerprint density at radius 3 is 2.85 bits per heavy atom. The Labute approximate surface area is 83.2 Å². The molecular formula is C10H15NOS. The lowest BCUT2D eigenvalue weighted by molar-refractivity contribution is -0.131. The summed E-state index contributed by atoms with van der Waals surface area (Å²) >= 11 is 1.69. The van der Waals surface area contributed by atoms with Crippen molar-refractivity contribution in [1.82, 2.24) is 4.90 Å². The molecule has 1 heterocycles. The largest absolute Gasteiger partial charge is 0.338 e. The van der Waals surface area contributed by atoms with Crippen molar-refractivity contribution in [1.29, 1.82) is 0 Å². The molecule has 0 aliphatic heterocycles. The summed E-state index contributed by atoms with van der Waals surface area (Å²) < 4.78 is 0. The zero-order valence-electron chi connectivity index (χ0n) is 8.28. The van der Waals surface area contributed by atoms with Gasteiger partial charge in [0.15, 0.2) is 0 Å². The lowest BCUT2D eigenvalue weighted by atomic mass is 10.2. The highest BCUT2D eigenvalue weighted by Crippen LogP contribution is 2.23. The Balaban J connectivity index is 2.68. The fraction of sp³-hybridized carbons (Fsp3) is 0.500. The number of carbonyl (C=O) groups is 1. The first-order chi connectivity index (χ1) is 6.16. The van der Waals surface area contributed by atoms with Crippen molar-refractivity contribution in [2.24, 2.45) is 0 Å². The standard InChI is InChI=1S/C10H15NOS/c1-4-10(12)11(3)8(2)9-6-5-7-13-9/h5-8H,4H2,1-3H3.